The Morgan fingerprint density at radius 2 is 1.90 bits per heavy atom. The Kier molecular flexibility index (Phi) is 12.1. The zero-order chi connectivity index (χ0) is 23.5. The Labute approximate surface area is 191 Å². The molecule has 0 fully saturated rings. The summed E-state index contributed by atoms with van der Waals surface area (Å²) < 4.78 is 6.01. The van der Waals surface area contributed by atoms with Crippen LogP contribution in [-0.2, 0) is 9.22 Å². The highest BCUT2D eigenvalue weighted by atomic mass is 28.4. The van der Waals surface area contributed by atoms with Gasteiger partial charge in [-0.1, -0.05) is 71.4 Å². The number of hydrogen-bond acceptors (Lipinski definition) is 3. The highest BCUT2D eigenvalue weighted by Crippen LogP contribution is 2.37. The van der Waals surface area contributed by atoms with Gasteiger partial charge in [0.15, 0.2) is 14.4 Å². The minimum atomic E-state index is -2.17. The maximum Gasteiger partial charge on any atom is 0.336 e. The van der Waals surface area contributed by atoms with Crippen LogP contribution in [0.15, 0.2) is 29.5 Å². The summed E-state index contributed by atoms with van der Waals surface area (Å²) in [6.45, 7) is 12.6. The molecule has 1 aliphatic carbocycles. The highest BCUT2D eigenvalue weighted by molar-refractivity contribution is 6.74. The second kappa shape index (κ2) is 13.4. The lowest BCUT2D eigenvalue weighted by Crippen LogP contribution is -2.45. The molecule has 2 unspecified atom stereocenters. The molecule has 4 nitrogen and oxygen atoms in total. The lowest BCUT2D eigenvalue weighted by molar-refractivity contribution is -0.143. The molecule has 1 aliphatic rings. The number of carboxylic acid groups (broad SMARTS) is 1. The van der Waals surface area contributed by atoms with Gasteiger partial charge >= 0.3 is 5.97 Å². The minimum Gasteiger partial charge on any atom is -0.479 e. The van der Waals surface area contributed by atoms with Crippen LogP contribution in [0.3, 0.4) is 0 Å². The van der Waals surface area contributed by atoms with E-state index in [1.54, 1.807) is 0 Å². The van der Waals surface area contributed by atoms with Crippen molar-refractivity contribution in [1.29, 1.82) is 0 Å². The van der Waals surface area contributed by atoms with Crippen LogP contribution in [0.4, 0.5) is 0 Å². The largest absolute Gasteiger partial charge is 0.479 e. The Bertz CT molecular complexity index is 638. The van der Waals surface area contributed by atoms with Gasteiger partial charge in [0, 0.05) is 5.92 Å². The fourth-order valence-corrected chi connectivity index (χ4v) is 4.92. The van der Waals surface area contributed by atoms with E-state index >= 15 is 0 Å². The van der Waals surface area contributed by atoms with Crippen molar-refractivity contribution in [3.8, 4) is 0 Å². The number of carbonyl (C=O) groups is 1. The molecule has 3 atom stereocenters. The van der Waals surface area contributed by atoms with E-state index in [0.29, 0.717) is 0 Å². The summed E-state index contributed by atoms with van der Waals surface area (Å²) >= 11 is 0. The monoisotopic (exact) mass is 450 g/mol. The number of rotatable bonds is 14. The lowest BCUT2D eigenvalue weighted by Gasteiger charge is -2.37. The van der Waals surface area contributed by atoms with Gasteiger partial charge in [0.05, 0.1) is 6.10 Å². The van der Waals surface area contributed by atoms with Gasteiger partial charge in [0.25, 0.3) is 0 Å². The molecule has 0 aliphatic heterocycles. The Balaban J connectivity index is 2.53. The molecule has 0 saturated heterocycles. The van der Waals surface area contributed by atoms with Gasteiger partial charge < -0.3 is 14.6 Å². The van der Waals surface area contributed by atoms with Crippen molar-refractivity contribution in [3.05, 3.63) is 29.5 Å². The second-order valence-corrected chi connectivity index (χ2v) is 15.2. The first-order chi connectivity index (χ1) is 14.5. The average molecular weight is 451 g/mol. The number of aliphatic hydroxyl groups is 1. The molecule has 0 spiro atoms. The topological polar surface area (TPSA) is 66.8 Å². The number of aliphatic hydroxyl groups excluding tert-OH is 1. The predicted octanol–water partition coefficient (Wildman–Crippen LogP) is 7.01. The number of hydrogen-bond donors (Lipinski definition) is 2. The van der Waals surface area contributed by atoms with E-state index < -0.39 is 20.4 Å². The molecule has 0 aromatic heterocycles. The molecule has 0 aromatic carbocycles. The fourth-order valence-electron chi connectivity index (χ4n) is 3.76. The van der Waals surface area contributed by atoms with E-state index in [-0.39, 0.29) is 17.1 Å². The Morgan fingerprint density at radius 1 is 1.26 bits per heavy atom. The first-order valence-electron chi connectivity index (χ1n) is 12.2. The van der Waals surface area contributed by atoms with Gasteiger partial charge in [-0.25, -0.2) is 4.79 Å². The lowest BCUT2D eigenvalue weighted by atomic mass is 9.90. The molecule has 0 bridgehead atoms. The minimum absolute atomic E-state index is 0.0460. The van der Waals surface area contributed by atoms with Crippen LogP contribution >= 0.6 is 0 Å². The maximum atomic E-state index is 11.6. The zero-order valence-corrected chi connectivity index (χ0v) is 21.7. The van der Waals surface area contributed by atoms with E-state index in [1.807, 2.05) is 6.08 Å². The van der Waals surface area contributed by atoms with Crippen molar-refractivity contribution in [2.45, 2.75) is 122 Å². The van der Waals surface area contributed by atoms with Crippen molar-refractivity contribution in [3.63, 3.8) is 0 Å². The molecule has 5 heteroatoms. The quantitative estimate of drug-likeness (QED) is 0.129. The van der Waals surface area contributed by atoms with Gasteiger partial charge in [-0.15, -0.1) is 5.73 Å². The third-order valence-corrected chi connectivity index (χ3v) is 11.3. The van der Waals surface area contributed by atoms with Crippen molar-refractivity contribution < 1.29 is 19.4 Å². The van der Waals surface area contributed by atoms with Crippen molar-refractivity contribution in [1.82, 2.24) is 0 Å². The molecular weight excluding hydrogens is 404 g/mol. The zero-order valence-electron chi connectivity index (χ0n) is 20.7. The SMILES string of the molecule is CCCCCCCCC1=CCC(O)[C@@H]1CCC=C=CC(O[Si](C)(C)C(C)(C)C)C(=O)O. The summed E-state index contributed by atoms with van der Waals surface area (Å²) in [5.41, 5.74) is 4.44. The van der Waals surface area contributed by atoms with Crippen LogP contribution in [0.2, 0.25) is 18.1 Å². The first-order valence-corrected chi connectivity index (χ1v) is 15.1. The van der Waals surface area contributed by atoms with Gasteiger partial charge in [-0.2, -0.15) is 0 Å². The second-order valence-electron chi connectivity index (χ2n) is 10.5. The normalized spacial score (nSPS) is 20.2. The standard InChI is InChI=1S/C26H46O4Si/c1-7-8-9-10-11-13-16-21-19-20-23(27)22(21)17-14-12-15-18-24(25(28)29)30-31(5,6)26(2,3)4/h12,18-19,22-24,27H,7-11,13-14,16-17,20H2,1-6H3,(H,28,29)/t15?,22-,23?,24?/m1/s1. The Morgan fingerprint density at radius 3 is 2.52 bits per heavy atom. The van der Waals surface area contributed by atoms with Crippen LogP contribution < -0.4 is 0 Å². The van der Waals surface area contributed by atoms with Crippen LogP contribution in [0.5, 0.6) is 0 Å². The fraction of sp³-hybridized carbons (Fsp3) is 0.769. The Hall–Kier alpha value is -1.13. The number of unbranched alkanes of at least 4 members (excludes halogenated alkanes) is 5. The molecule has 0 aromatic rings. The summed E-state index contributed by atoms with van der Waals surface area (Å²) in [5, 5.41) is 19.8. The van der Waals surface area contributed by atoms with E-state index in [1.165, 1.54) is 50.2 Å². The summed E-state index contributed by atoms with van der Waals surface area (Å²) in [6.07, 6.45) is 15.6. The predicted molar refractivity (Wildman–Crippen MR) is 132 cm³/mol. The molecule has 2 N–H and O–H groups in total. The highest BCUT2D eigenvalue weighted by Gasteiger charge is 2.40. The van der Waals surface area contributed by atoms with Crippen molar-refractivity contribution in [2.24, 2.45) is 5.92 Å². The molecule has 0 heterocycles. The molecule has 0 saturated carbocycles. The molecule has 1 rings (SSSR count). The summed E-state index contributed by atoms with van der Waals surface area (Å²) in [5.74, 6) is -0.742. The van der Waals surface area contributed by atoms with Gasteiger partial charge in [-0.3, -0.25) is 0 Å². The van der Waals surface area contributed by atoms with E-state index in [2.05, 4.69) is 52.6 Å². The number of aliphatic carboxylic acids is 1. The van der Waals surface area contributed by atoms with Crippen molar-refractivity contribution in [2.75, 3.05) is 0 Å². The molecule has 0 radical (unpaired) electrons. The van der Waals surface area contributed by atoms with E-state index in [4.69, 9.17) is 4.43 Å². The third-order valence-electron chi connectivity index (χ3n) is 6.84. The first kappa shape index (κ1) is 27.9. The third kappa shape index (κ3) is 9.90. The summed E-state index contributed by atoms with van der Waals surface area (Å²) in [6, 6.07) is 0. The maximum absolute atomic E-state index is 11.6. The molecular formula is C26H46O4Si. The number of carboxylic acids is 1. The average Bonchev–Trinajstić information content (AvgIpc) is 3.02. The molecule has 31 heavy (non-hydrogen) atoms. The summed E-state index contributed by atoms with van der Waals surface area (Å²) in [4.78, 5) is 11.6. The molecule has 0 amide bonds. The smallest absolute Gasteiger partial charge is 0.336 e. The van der Waals surface area contributed by atoms with Crippen LogP contribution in [0.1, 0.15) is 91.9 Å². The van der Waals surface area contributed by atoms with Crippen LogP contribution in [-0.4, -0.2) is 36.7 Å². The van der Waals surface area contributed by atoms with Gasteiger partial charge in [0.1, 0.15) is 0 Å². The van der Waals surface area contributed by atoms with Crippen LogP contribution in [0.25, 0.3) is 0 Å². The van der Waals surface area contributed by atoms with Crippen LogP contribution in [0, 0.1) is 5.92 Å². The van der Waals surface area contributed by atoms with E-state index in [0.717, 1.165) is 25.7 Å². The van der Waals surface area contributed by atoms with Gasteiger partial charge in [-0.05, 0) is 62.4 Å². The molecule has 178 valence electrons. The van der Waals surface area contributed by atoms with Crippen molar-refractivity contribution >= 4 is 14.3 Å². The van der Waals surface area contributed by atoms with E-state index in [9.17, 15) is 15.0 Å². The summed E-state index contributed by atoms with van der Waals surface area (Å²) in [7, 11) is -2.17. The van der Waals surface area contributed by atoms with Gasteiger partial charge in [0.2, 0.25) is 0 Å².